The fraction of sp³-hybridized carbons (Fsp3) is 0.438. The maximum atomic E-state index is 12.2. The van der Waals surface area contributed by atoms with E-state index in [2.05, 4.69) is 15.4 Å². The molecule has 0 saturated heterocycles. The predicted molar refractivity (Wildman–Crippen MR) is 88.1 cm³/mol. The number of ether oxygens (including phenoxy) is 4. The van der Waals surface area contributed by atoms with E-state index >= 15 is 0 Å². The molecule has 0 spiro atoms. The Morgan fingerprint density at radius 2 is 1.52 bits per heavy atom. The second-order valence-corrected chi connectivity index (χ2v) is 4.68. The molecule has 0 aromatic heterocycles. The van der Waals surface area contributed by atoms with Gasteiger partial charge >= 0.3 is 5.97 Å². The summed E-state index contributed by atoms with van der Waals surface area (Å²) >= 11 is 0. The first kappa shape index (κ1) is 20.1. The third-order valence-electron chi connectivity index (χ3n) is 3.07. The van der Waals surface area contributed by atoms with Crippen molar-refractivity contribution in [2.45, 2.75) is 6.92 Å². The maximum Gasteiger partial charge on any atom is 0.325 e. The molecule has 9 heteroatoms. The Kier molecular flexibility index (Phi) is 8.04. The Hall–Kier alpha value is -2.97. The van der Waals surface area contributed by atoms with Crippen LogP contribution in [0.15, 0.2) is 12.1 Å². The lowest BCUT2D eigenvalue weighted by Crippen LogP contribution is -2.39. The summed E-state index contributed by atoms with van der Waals surface area (Å²) in [6.07, 6.45) is 0. The molecule has 0 radical (unpaired) electrons. The van der Waals surface area contributed by atoms with Gasteiger partial charge < -0.3 is 29.6 Å². The summed E-state index contributed by atoms with van der Waals surface area (Å²) in [4.78, 5) is 35.0. The number of methoxy groups -OCH3 is 3. The van der Waals surface area contributed by atoms with Crippen LogP contribution < -0.4 is 24.8 Å². The largest absolute Gasteiger partial charge is 0.493 e. The van der Waals surface area contributed by atoms with Crippen LogP contribution in [0.25, 0.3) is 0 Å². The topological polar surface area (TPSA) is 112 Å². The van der Waals surface area contributed by atoms with E-state index in [-0.39, 0.29) is 25.3 Å². The highest BCUT2D eigenvalue weighted by atomic mass is 16.5. The molecule has 1 aromatic rings. The standard InChI is InChI=1S/C16H22N2O7/c1-5-25-14(20)9-17-13(19)8-18-16(21)10-6-11(22-2)15(24-4)12(7-10)23-3/h6-7H,5,8-9H2,1-4H3,(H,17,19)(H,18,21). The number of carbonyl (C=O) groups excluding carboxylic acids is 3. The Morgan fingerprint density at radius 3 is 2.00 bits per heavy atom. The monoisotopic (exact) mass is 354 g/mol. The summed E-state index contributed by atoms with van der Waals surface area (Å²) in [5.41, 5.74) is 0.229. The Balaban J connectivity index is 2.68. The zero-order valence-corrected chi connectivity index (χ0v) is 14.6. The zero-order chi connectivity index (χ0) is 18.8. The van der Waals surface area contributed by atoms with E-state index in [4.69, 9.17) is 14.2 Å². The SMILES string of the molecule is CCOC(=O)CNC(=O)CNC(=O)c1cc(OC)c(OC)c(OC)c1. The molecular formula is C16H22N2O7. The molecule has 2 amide bonds. The van der Waals surface area contributed by atoms with Gasteiger partial charge in [-0.1, -0.05) is 0 Å². The Bertz CT molecular complexity index is 606. The van der Waals surface area contributed by atoms with Gasteiger partial charge in [-0.25, -0.2) is 0 Å². The van der Waals surface area contributed by atoms with Crippen LogP contribution in [0, 0.1) is 0 Å². The lowest BCUT2D eigenvalue weighted by Gasteiger charge is -2.14. The van der Waals surface area contributed by atoms with Crippen LogP contribution in [0.4, 0.5) is 0 Å². The van der Waals surface area contributed by atoms with Gasteiger partial charge in [0, 0.05) is 5.56 Å². The fourth-order valence-corrected chi connectivity index (χ4v) is 1.92. The van der Waals surface area contributed by atoms with Gasteiger partial charge in [-0.15, -0.1) is 0 Å². The highest BCUT2D eigenvalue weighted by Crippen LogP contribution is 2.38. The molecule has 0 bridgehead atoms. The molecule has 0 aliphatic rings. The summed E-state index contributed by atoms with van der Waals surface area (Å²) < 4.78 is 20.2. The van der Waals surface area contributed by atoms with Crippen molar-refractivity contribution in [1.29, 1.82) is 0 Å². The van der Waals surface area contributed by atoms with Crippen molar-refractivity contribution in [3.63, 3.8) is 0 Å². The summed E-state index contributed by atoms with van der Waals surface area (Å²) in [7, 11) is 4.32. The minimum absolute atomic E-state index is 0.229. The first-order valence-electron chi connectivity index (χ1n) is 7.47. The molecule has 0 atom stereocenters. The fourth-order valence-electron chi connectivity index (χ4n) is 1.92. The normalized spacial score (nSPS) is 9.76. The van der Waals surface area contributed by atoms with Crippen LogP contribution in [-0.4, -0.2) is 58.8 Å². The number of carbonyl (C=O) groups is 3. The summed E-state index contributed by atoms with van der Waals surface area (Å²) in [5, 5.41) is 4.78. The van der Waals surface area contributed by atoms with Gasteiger partial charge in [-0.3, -0.25) is 14.4 Å². The molecule has 1 aromatic carbocycles. The third kappa shape index (κ3) is 5.87. The first-order chi connectivity index (χ1) is 12.0. The van der Waals surface area contributed by atoms with E-state index in [0.29, 0.717) is 17.2 Å². The molecule has 0 unspecified atom stereocenters. The molecule has 2 N–H and O–H groups in total. The molecule has 138 valence electrons. The van der Waals surface area contributed by atoms with E-state index < -0.39 is 17.8 Å². The lowest BCUT2D eigenvalue weighted by atomic mass is 10.1. The highest BCUT2D eigenvalue weighted by Gasteiger charge is 2.17. The van der Waals surface area contributed by atoms with Gasteiger partial charge in [0.2, 0.25) is 11.7 Å². The number of nitrogens with one attached hydrogen (secondary N) is 2. The summed E-state index contributed by atoms with van der Waals surface area (Å²) in [5.74, 6) is -0.586. The second-order valence-electron chi connectivity index (χ2n) is 4.68. The average Bonchev–Trinajstić information content (AvgIpc) is 2.63. The maximum absolute atomic E-state index is 12.2. The van der Waals surface area contributed by atoms with Gasteiger partial charge in [0.15, 0.2) is 11.5 Å². The van der Waals surface area contributed by atoms with Gasteiger partial charge in [-0.05, 0) is 19.1 Å². The van der Waals surface area contributed by atoms with E-state index in [9.17, 15) is 14.4 Å². The minimum Gasteiger partial charge on any atom is -0.493 e. The van der Waals surface area contributed by atoms with Crippen molar-refractivity contribution in [2.75, 3.05) is 41.0 Å². The van der Waals surface area contributed by atoms with Crippen molar-refractivity contribution in [1.82, 2.24) is 10.6 Å². The first-order valence-corrected chi connectivity index (χ1v) is 7.47. The number of esters is 1. The summed E-state index contributed by atoms with van der Waals surface area (Å²) in [6, 6.07) is 2.93. The van der Waals surface area contributed by atoms with Crippen LogP contribution in [0.1, 0.15) is 17.3 Å². The molecule has 25 heavy (non-hydrogen) atoms. The molecule has 0 aliphatic carbocycles. The van der Waals surface area contributed by atoms with Gasteiger partial charge in [0.25, 0.3) is 5.91 Å². The van der Waals surface area contributed by atoms with Gasteiger partial charge in [0.1, 0.15) is 6.54 Å². The van der Waals surface area contributed by atoms with E-state index in [1.54, 1.807) is 6.92 Å². The number of hydrogen-bond donors (Lipinski definition) is 2. The molecule has 0 fully saturated rings. The Labute approximate surface area is 145 Å². The highest BCUT2D eigenvalue weighted by molar-refractivity contribution is 5.97. The smallest absolute Gasteiger partial charge is 0.325 e. The second kappa shape index (κ2) is 10.0. The quantitative estimate of drug-likeness (QED) is 0.606. The molecule has 0 heterocycles. The Morgan fingerprint density at radius 1 is 0.920 bits per heavy atom. The molecule has 0 saturated carbocycles. The van der Waals surface area contributed by atoms with Crippen LogP contribution >= 0.6 is 0 Å². The number of hydrogen-bond acceptors (Lipinski definition) is 7. The number of rotatable bonds is 9. The van der Waals surface area contributed by atoms with Crippen molar-refractivity contribution in [2.24, 2.45) is 0 Å². The van der Waals surface area contributed by atoms with Crippen molar-refractivity contribution >= 4 is 17.8 Å². The van der Waals surface area contributed by atoms with Gasteiger partial charge in [-0.2, -0.15) is 0 Å². The van der Waals surface area contributed by atoms with E-state index in [0.717, 1.165) is 0 Å². The molecule has 0 aliphatic heterocycles. The third-order valence-corrected chi connectivity index (χ3v) is 3.07. The van der Waals surface area contributed by atoms with Crippen molar-refractivity contribution in [3.05, 3.63) is 17.7 Å². The molecule has 1 rings (SSSR count). The zero-order valence-electron chi connectivity index (χ0n) is 14.6. The van der Waals surface area contributed by atoms with Crippen LogP contribution in [0.5, 0.6) is 17.2 Å². The molecule has 9 nitrogen and oxygen atoms in total. The van der Waals surface area contributed by atoms with E-state index in [1.165, 1.54) is 33.5 Å². The van der Waals surface area contributed by atoms with Gasteiger partial charge in [0.05, 0.1) is 34.5 Å². The average molecular weight is 354 g/mol. The van der Waals surface area contributed by atoms with Crippen molar-refractivity contribution in [3.8, 4) is 17.2 Å². The minimum atomic E-state index is -0.549. The van der Waals surface area contributed by atoms with Crippen LogP contribution in [0.2, 0.25) is 0 Å². The van der Waals surface area contributed by atoms with Crippen molar-refractivity contribution < 1.29 is 33.3 Å². The van der Waals surface area contributed by atoms with Crippen LogP contribution in [-0.2, 0) is 14.3 Å². The predicted octanol–water partition coefficient (Wildman–Crippen LogP) is 0.122. The summed E-state index contributed by atoms with van der Waals surface area (Å²) in [6.45, 7) is 1.34. The lowest BCUT2D eigenvalue weighted by molar-refractivity contribution is -0.143. The van der Waals surface area contributed by atoms with Crippen LogP contribution in [0.3, 0.4) is 0 Å². The van der Waals surface area contributed by atoms with E-state index in [1.807, 2.05) is 0 Å². The molecular weight excluding hydrogens is 332 g/mol. The number of amides is 2. The number of benzene rings is 1.